The lowest BCUT2D eigenvalue weighted by molar-refractivity contribution is 0.389. The standard InChI is InChI=1S/C11H8N2O3S2/c14-18(10-4-2-6-17-10)7-9-12-11(13-16-9)8-3-1-5-15-8/h1-6H,7H2. The monoisotopic (exact) mass is 280 g/mol. The van der Waals surface area contributed by atoms with Gasteiger partial charge in [-0.1, -0.05) is 11.2 Å². The summed E-state index contributed by atoms with van der Waals surface area (Å²) in [6.45, 7) is 0. The quantitative estimate of drug-likeness (QED) is 0.735. The van der Waals surface area contributed by atoms with E-state index in [0.717, 1.165) is 4.21 Å². The van der Waals surface area contributed by atoms with Crippen LogP contribution in [0.1, 0.15) is 5.89 Å². The van der Waals surface area contributed by atoms with Crippen molar-refractivity contribution >= 4 is 22.1 Å². The maximum absolute atomic E-state index is 11.9. The zero-order valence-electron chi connectivity index (χ0n) is 9.11. The number of aromatic nitrogens is 2. The second-order valence-corrected chi connectivity index (χ2v) is 6.04. The molecule has 0 aromatic carbocycles. The van der Waals surface area contributed by atoms with Gasteiger partial charge in [0.05, 0.1) is 21.3 Å². The van der Waals surface area contributed by atoms with Gasteiger partial charge in [0.2, 0.25) is 11.7 Å². The lowest BCUT2D eigenvalue weighted by Gasteiger charge is -1.92. The van der Waals surface area contributed by atoms with Crippen molar-refractivity contribution in [3.63, 3.8) is 0 Å². The Morgan fingerprint density at radius 2 is 2.28 bits per heavy atom. The first kappa shape index (κ1) is 11.4. The summed E-state index contributed by atoms with van der Waals surface area (Å²) in [7, 11) is -1.15. The Kier molecular flexibility index (Phi) is 3.07. The molecule has 3 aromatic rings. The van der Waals surface area contributed by atoms with Crippen molar-refractivity contribution in [1.82, 2.24) is 10.1 Å². The van der Waals surface area contributed by atoms with Crippen molar-refractivity contribution in [2.24, 2.45) is 0 Å². The van der Waals surface area contributed by atoms with Gasteiger partial charge >= 0.3 is 0 Å². The molecule has 0 aliphatic heterocycles. The molecule has 0 amide bonds. The van der Waals surface area contributed by atoms with Crippen molar-refractivity contribution in [3.8, 4) is 11.6 Å². The van der Waals surface area contributed by atoms with E-state index in [9.17, 15) is 4.21 Å². The van der Waals surface area contributed by atoms with E-state index in [-0.39, 0.29) is 5.75 Å². The zero-order chi connectivity index (χ0) is 12.4. The first-order valence-corrected chi connectivity index (χ1v) is 7.31. The summed E-state index contributed by atoms with van der Waals surface area (Å²) in [4.78, 5) is 4.14. The second-order valence-electron chi connectivity index (χ2n) is 3.41. The van der Waals surface area contributed by atoms with Gasteiger partial charge in [-0.05, 0) is 23.6 Å². The van der Waals surface area contributed by atoms with Crippen LogP contribution in [-0.2, 0) is 16.6 Å². The Hall–Kier alpha value is -1.73. The van der Waals surface area contributed by atoms with Gasteiger partial charge in [0.15, 0.2) is 5.76 Å². The van der Waals surface area contributed by atoms with E-state index in [1.807, 2.05) is 17.5 Å². The van der Waals surface area contributed by atoms with Crippen molar-refractivity contribution in [1.29, 1.82) is 0 Å². The smallest absolute Gasteiger partial charge is 0.240 e. The maximum atomic E-state index is 11.9. The molecule has 0 spiro atoms. The van der Waals surface area contributed by atoms with Gasteiger partial charge in [0, 0.05) is 0 Å². The Labute approximate surface area is 109 Å². The normalized spacial score (nSPS) is 12.7. The molecule has 0 radical (unpaired) electrons. The summed E-state index contributed by atoms with van der Waals surface area (Å²) in [6.07, 6.45) is 1.54. The van der Waals surface area contributed by atoms with Crippen LogP contribution in [0.5, 0.6) is 0 Å². The number of hydrogen-bond donors (Lipinski definition) is 0. The molecule has 0 aliphatic rings. The summed E-state index contributed by atoms with van der Waals surface area (Å²) >= 11 is 1.45. The summed E-state index contributed by atoms with van der Waals surface area (Å²) in [5.74, 6) is 1.46. The van der Waals surface area contributed by atoms with Crippen molar-refractivity contribution in [2.75, 3.05) is 0 Å². The average Bonchev–Trinajstić information content (AvgIpc) is 3.12. The molecule has 3 aromatic heterocycles. The first-order chi connectivity index (χ1) is 8.83. The van der Waals surface area contributed by atoms with Gasteiger partial charge in [-0.15, -0.1) is 11.3 Å². The largest absolute Gasteiger partial charge is 0.461 e. The summed E-state index contributed by atoms with van der Waals surface area (Å²) in [6, 6.07) is 7.17. The second kappa shape index (κ2) is 4.87. The molecule has 0 N–H and O–H groups in total. The van der Waals surface area contributed by atoms with Crippen LogP contribution in [0.15, 0.2) is 49.1 Å². The third-order valence-corrected chi connectivity index (χ3v) is 4.79. The Morgan fingerprint density at radius 1 is 1.33 bits per heavy atom. The van der Waals surface area contributed by atoms with Crippen LogP contribution < -0.4 is 0 Å². The number of rotatable bonds is 4. The molecule has 0 aliphatic carbocycles. The van der Waals surface area contributed by atoms with Crippen LogP contribution >= 0.6 is 11.3 Å². The maximum Gasteiger partial charge on any atom is 0.240 e. The molecule has 1 unspecified atom stereocenters. The summed E-state index contributed by atoms with van der Waals surface area (Å²) in [5, 5.41) is 5.67. The Balaban J connectivity index is 1.76. The van der Waals surface area contributed by atoms with Crippen LogP contribution in [0.25, 0.3) is 11.6 Å². The molecule has 0 fully saturated rings. The number of nitrogens with zero attached hydrogens (tertiary/aromatic N) is 2. The van der Waals surface area contributed by atoms with Crippen molar-refractivity contribution < 1.29 is 13.1 Å². The molecule has 0 bridgehead atoms. The topological polar surface area (TPSA) is 69.1 Å². The Bertz CT molecular complexity index is 644. The van der Waals surface area contributed by atoms with E-state index >= 15 is 0 Å². The van der Waals surface area contributed by atoms with Gasteiger partial charge in [-0.3, -0.25) is 4.21 Å². The predicted molar refractivity (Wildman–Crippen MR) is 66.4 cm³/mol. The molecule has 3 rings (SSSR count). The SMILES string of the molecule is O=S(Cc1nc(-c2ccco2)no1)c1cccs1. The Morgan fingerprint density at radius 3 is 3.00 bits per heavy atom. The van der Waals surface area contributed by atoms with Crippen LogP contribution in [0.2, 0.25) is 0 Å². The number of thiophene rings is 1. The van der Waals surface area contributed by atoms with Crippen LogP contribution in [0.3, 0.4) is 0 Å². The van der Waals surface area contributed by atoms with Crippen LogP contribution in [0.4, 0.5) is 0 Å². The first-order valence-electron chi connectivity index (χ1n) is 5.11. The van der Waals surface area contributed by atoms with E-state index < -0.39 is 10.8 Å². The molecule has 5 nitrogen and oxygen atoms in total. The summed E-state index contributed by atoms with van der Waals surface area (Å²) in [5.41, 5.74) is 0. The van der Waals surface area contributed by atoms with E-state index in [1.54, 1.807) is 12.1 Å². The fourth-order valence-electron chi connectivity index (χ4n) is 1.40. The number of furan rings is 1. The average molecular weight is 280 g/mol. The molecular weight excluding hydrogens is 272 g/mol. The molecule has 0 saturated carbocycles. The highest BCUT2D eigenvalue weighted by atomic mass is 32.2. The molecule has 7 heteroatoms. The number of hydrogen-bond acceptors (Lipinski definition) is 6. The highest BCUT2D eigenvalue weighted by Crippen LogP contribution is 2.19. The lowest BCUT2D eigenvalue weighted by Crippen LogP contribution is -1.94. The fourth-order valence-corrected chi connectivity index (χ4v) is 3.33. The molecular formula is C11H8N2O3S2. The van der Waals surface area contributed by atoms with E-state index in [4.69, 9.17) is 8.94 Å². The van der Waals surface area contributed by atoms with Crippen LogP contribution in [0, 0.1) is 0 Å². The highest BCUT2D eigenvalue weighted by Gasteiger charge is 2.14. The molecule has 0 saturated heterocycles. The van der Waals surface area contributed by atoms with Gasteiger partial charge in [0.25, 0.3) is 0 Å². The van der Waals surface area contributed by atoms with E-state index in [1.165, 1.54) is 17.6 Å². The third kappa shape index (κ3) is 2.27. The van der Waals surface area contributed by atoms with Crippen molar-refractivity contribution in [2.45, 2.75) is 9.96 Å². The van der Waals surface area contributed by atoms with Gasteiger partial charge in [0.1, 0.15) is 5.75 Å². The van der Waals surface area contributed by atoms with Crippen LogP contribution in [-0.4, -0.2) is 14.3 Å². The fraction of sp³-hybridized carbons (Fsp3) is 0.0909. The minimum atomic E-state index is -1.15. The molecule has 92 valence electrons. The van der Waals surface area contributed by atoms with Gasteiger partial charge in [-0.25, -0.2) is 0 Å². The van der Waals surface area contributed by atoms with Gasteiger partial charge < -0.3 is 8.94 Å². The zero-order valence-corrected chi connectivity index (χ0v) is 10.7. The lowest BCUT2D eigenvalue weighted by atomic mass is 10.4. The van der Waals surface area contributed by atoms with Gasteiger partial charge in [-0.2, -0.15) is 4.98 Å². The molecule has 1 atom stereocenters. The summed E-state index contributed by atoms with van der Waals surface area (Å²) < 4.78 is 22.9. The molecule has 3 heterocycles. The van der Waals surface area contributed by atoms with E-state index in [0.29, 0.717) is 17.5 Å². The minimum Gasteiger partial charge on any atom is -0.461 e. The van der Waals surface area contributed by atoms with E-state index in [2.05, 4.69) is 10.1 Å². The third-order valence-electron chi connectivity index (χ3n) is 2.18. The predicted octanol–water partition coefficient (Wildman–Crippen LogP) is 2.70. The minimum absolute atomic E-state index is 0.216. The van der Waals surface area contributed by atoms with Crippen molar-refractivity contribution in [3.05, 3.63) is 41.8 Å². The molecule has 18 heavy (non-hydrogen) atoms. The highest BCUT2D eigenvalue weighted by molar-refractivity contribution is 7.86.